The predicted molar refractivity (Wildman–Crippen MR) is 130 cm³/mol. The monoisotopic (exact) mass is 467 g/mol. The molecular formula is C22H25N7OS2. The molecule has 0 unspecified atom stereocenters. The molecule has 32 heavy (non-hydrogen) atoms. The van der Waals surface area contributed by atoms with Crippen LogP contribution in [-0.2, 0) is 6.54 Å². The molecule has 166 valence electrons. The zero-order valence-electron chi connectivity index (χ0n) is 18.0. The first-order chi connectivity index (χ1) is 15.7. The molecule has 3 aromatic heterocycles. The Morgan fingerprint density at radius 3 is 2.81 bits per heavy atom. The van der Waals surface area contributed by atoms with Gasteiger partial charge in [-0.05, 0) is 37.1 Å². The van der Waals surface area contributed by atoms with Gasteiger partial charge >= 0.3 is 0 Å². The number of carbonyl (C=O) groups is 1. The highest BCUT2D eigenvalue weighted by Crippen LogP contribution is 2.29. The third-order valence-corrected chi connectivity index (χ3v) is 7.25. The van der Waals surface area contributed by atoms with Gasteiger partial charge in [-0.3, -0.25) is 4.79 Å². The van der Waals surface area contributed by atoms with Crippen LogP contribution in [0.4, 0.5) is 5.82 Å². The highest BCUT2D eigenvalue weighted by Gasteiger charge is 2.20. The number of hydrogen-bond donors (Lipinski definition) is 1. The fourth-order valence-corrected chi connectivity index (χ4v) is 5.39. The van der Waals surface area contributed by atoms with E-state index in [0.717, 1.165) is 51.1 Å². The summed E-state index contributed by atoms with van der Waals surface area (Å²) in [7, 11) is 0. The van der Waals surface area contributed by atoms with Crippen LogP contribution in [-0.4, -0.2) is 56.0 Å². The van der Waals surface area contributed by atoms with Gasteiger partial charge in [0.25, 0.3) is 5.91 Å². The number of thiazole rings is 1. The van der Waals surface area contributed by atoms with E-state index in [9.17, 15) is 4.79 Å². The van der Waals surface area contributed by atoms with Crippen LogP contribution in [0.25, 0.3) is 21.3 Å². The zero-order chi connectivity index (χ0) is 21.9. The molecule has 1 fully saturated rings. The Labute approximate surface area is 194 Å². The zero-order valence-corrected chi connectivity index (χ0v) is 19.6. The fraction of sp³-hybridized carbons (Fsp3) is 0.409. The predicted octanol–water partition coefficient (Wildman–Crippen LogP) is 3.97. The van der Waals surface area contributed by atoms with Gasteiger partial charge in [0.15, 0.2) is 15.8 Å². The molecule has 0 bridgehead atoms. The first-order valence-corrected chi connectivity index (χ1v) is 12.8. The number of hydrogen-bond acceptors (Lipinski definition) is 8. The van der Waals surface area contributed by atoms with Gasteiger partial charge in [0.05, 0.1) is 28.3 Å². The van der Waals surface area contributed by atoms with Crippen molar-refractivity contribution in [2.75, 3.05) is 30.3 Å². The molecule has 0 radical (unpaired) electrons. The molecule has 1 aromatic carbocycles. The van der Waals surface area contributed by atoms with Crippen molar-refractivity contribution in [2.45, 2.75) is 37.9 Å². The smallest absolute Gasteiger partial charge is 0.280 e. The van der Waals surface area contributed by atoms with E-state index >= 15 is 0 Å². The molecule has 10 heteroatoms. The molecule has 4 heterocycles. The van der Waals surface area contributed by atoms with E-state index in [0.29, 0.717) is 18.1 Å². The first kappa shape index (κ1) is 21.1. The van der Waals surface area contributed by atoms with Gasteiger partial charge in [0.1, 0.15) is 5.82 Å². The minimum Gasteiger partial charge on any atom is -0.356 e. The minimum absolute atomic E-state index is 0.159. The van der Waals surface area contributed by atoms with Gasteiger partial charge in [-0.25, -0.2) is 19.6 Å². The summed E-state index contributed by atoms with van der Waals surface area (Å²) < 4.78 is 2.88. The summed E-state index contributed by atoms with van der Waals surface area (Å²) in [5.74, 6) is 1.74. The van der Waals surface area contributed by atoms with Crippen molar-refractivity contribution >= 4 is 56.1 Å². The molecule has 1 aliphatic heterocycles. The van der Waals surface area contributed by atoms with Crippen molar-refractivity contribution in [3.8, 4) is 0 Å². The average molecular weight is 468 g/mol. The number of nitrogens with zero attached hydrogens (tertiary/aromatic N) is 6. The van der Waals surface area contributed by atoms with Gasteiger partial charge < -0.3 is 10.2 Å². The molecule has 0 atom stereocenters. The summed E-state index contributed by atoms with van der Waals surface area (Å²) in [6.07, 6.45) is 5.51. The number of thioether (sulfide) groups is 1. The fourth-order valence-electron chi connectivity index (χ4n) is 3.95. The topological polar surface area (TPSA) is 88.8 Å². The summed E-state index contributed by atoms with van der Waals surface area (Å²) in [6, 6.07) is 7.78. The number of rotatable bonds is 7. The van der Waals surface area contributed by atoms with E-state index < -0.39 is 0 Å². The van der Waals surface area contributed by atoms with Crippen molar-refractivity contribution in [1.82, 2.24) is 30.0 Å². The van der Waals surface area contributed by atoms with E-state index in [1.165, 1.54) is 30.6 Å². The third kappa shape index (κ3) is 4.29. The second-order valence-corrected chi connectivity index (χ2v) is 9.92. The lowest BCUT2D eigenvalue weighted by atomic mass is 10.1. The van der Waals surface area contributed by atoms with E-state index in [1.54, 1.807) is 11.8 Å². The SMILES string of the molecule is CCSc1nc(N2CCCCC2)c2cnn(CCNC(=O)c3nc4ccccc4s3)c2n1. The Morgan fingerprint density at radius 1 is 1.16 bits per heavy atom. The lowest BCUT2D eigenvalue weighted by Crippen LogP contribution is -2.30. The Kier molecular flexibility index (Phi) is 6.22. The maximum atomic E-state index is 12.6. The molecule has 0 spiro atoms. The van der Waals surface area contributed by atoms with Crippen LogP contribution in [0.1, 0.15) is 36.0 Å². The second kappa shape index (κ2) is 9.41. The number of anilines is 1. The average Bonchev–Trinajstić information content (AvgIpc) is 3.44. The number of carbonyl (C=O) groups excluding carboxylic acids is 1. The normalized spacial score (nSPS) is 14.3. The van der Waals surface area contributed by atoms with Gasteiger partial charge in [-0.1, -0.05) is 30.8 Å². The van der Waals surface area contributed by atoms with Crippen LogP contribution in [0.3, 0.4) is 0 Å². The van der Waals surface area contributed by atoms with Crippen molar-refractivity contribution in [3.05, 3.63) is 35.5 Å². The standard InChI is InChI=1S/C22H25N7OS2/c1-2-31-22-26-18(28-11-6-3-7-12-28)15-14-24-29(19(15)27-22)13-10-23-20(30)21-25-16-8-4-5-9-17(16)32-21/h4-5,8-9,14H,2-3,6-7,10-13H2,1H3,(H,23,30). The lowest BCUT2D eigenvalue weighted by Gasteiger charge is -2.28. The minimum atomic E-state index is -0.159. The summed E-state index contributed by atoms with van der Waals surface area (Å²) in [4.78, 5) is 29.0. The number of nitrogens with one attached hydrogen (secondary N) is 1. The Bertz CT molecular complexity index is 1210. The quantitative estimate of drug-likeness (QED) is 0.325. The number of aromatic nitrogens is 5. The van der Waals surface area contributed by atoms with E-state index in [4.69, 9.17) is 9.97 Å². The van der Waals surface area contributed by atoms with Crippen LogP contribution in [0.2, 0.25) is 0 Å². The number of fused-ring (bicyclic) bond motifs is 2. The van der Waals surface area contributed by atoms with Gasteiger partial charge in [-0.15, -0.1) is 11.3 Å². The molecule has 1 saturated heterocycles. The van der Waals surface area contributed by atoms with Gasteiger partial charge in [0.2, 0.25) is 0 Å². The number of amides is 1. The van der Waals surface area contributed by atoms with Crippen LogP contribution in [0.15, 0.2) is 35.6 Å². The third-order valence-electron chi connectivity index (χ3n) is 5.48. The largest absolute Gasteiger partial charge is 0.356 e. The van der Waals surface area contributed by atoms with Gasteiger partial charge in [-0.2, -0.15) is 5.10 Å². The van der Waals surface area contributed by atoms with E-state index in [2.05, 4.69) is 27.2 Å². The number of para-hydroxylation sites is 1. The molecule has 0 aliphatic carbocycles. The van der Waals surface area contributed by atoms with Crippen LogP contribution >= 0.6 is 23.1 Å². The first-order valence-electron chi connectivity index (χ1n) is 11.0. The van der Waals surface area contributed by atoms with Crippen LogP contribution in [0.5, 0.6) is 0 Å². The van der Waals surface area contributed by atoms with Crippen molar-refractivity contribution in [3.63, 3.8) is 0 Å². The highest BCUT2D eigenvalue weighted by molar-refractivity contribution is 7.99. The Balaban J connectivity index is 1.33. The van der Waals surface area contributed by atoms with Crippen molar-refractivity contribution in [2.24, 2.45) is 0 Å². The van der Waals surface area contributed by atoms with Crippen LogP contribution in [0, 0.1) is 0 Å². The molecule has 1 amide bonds. The summed E-state index contributed by atoms with van der Waals surface area (Å²) in [6.45, 7) is 5.13. The highest BCUT2D eigenvalue weighted by atomic mass is 32.2. The van der Waals surface area contributed by atoms with Crippen molar-refractivity contribution < 1.29 is 4.79 Å². The lowest BCUT2D eigenvalue weighted by molar-refractivity contribution is 0.0952. The van der Waals surface area contributed by atoms with Gasteiger partial charge in [0, 0.05) is 19.6 Å². The summed E-state index contributed by atoms with van der Waals surface area (Å²) >= 11 is 3.05. The molecule has 5 rings (SSSR count). The Hall–Kier alpha value is -2.72. The second-order valence-electron chi connectivity index (χ2n) is 7.66. The summed E-state index contributed by atoms with van der Waals surface area (Å²) in [5, 5.41) is 9.77. The molecule has 0 saturated carbocycles. The Morgan fingerprint density at radius 2 is 2.00 bits per heavy atom. The molecule has 8 nitrogen and oxygen atoms in total. The molecule has 1 aliphatic rings. The van der Waals surface area contributed by atoms with E-state index in [-0.39, 0.29) is 5.91 Å². The molecule has 1 N–H and O–H groups in total. The number of benzene rings is 1. The molecular weight excluding hydrogens is 442 g/mol. The van der Waals surface area contributed by atoms with Crippen molar-refractivity contribution in [1.29, 1.82) is 0 Å². The number of piperidine rings is 1. The molecule has 4 aromatic rings. The van der Waals surface area contributed by atoms with Crippen LogP contribution < -0.4 is 10.2 Å². The summed E-state index contributed by atoms with van der Waals surface area (Å²) in [5.41, 5.74) is 1.68. The maximum Gasteiger partial charge on any atom is 0.280 e. The van der Waals surface area contributed by atoms with E-state index in [1.807, 2.05) is 35.1 Å². The maximum absolute atomic E-state index is 12.6.